The summed E-state index contributed by atoms with van der Waals surface area (Å²) in [5.41, 5.74) is 0. The number of carbonyl (C=O) groups excluding carboxylic acids is 1. The Bertz CT molecular complexity index is 571. The van der Waals surface area contributed by atoms with E-state index in [0.717, 1.165) is 0 Å². The number of rotatable bonds is 9. The number of ether oxygens (including phenoxy) is 1. The molecular formula is C14H22N2O5S. The summed E-state index contributed by atoms with van der Waals surface area (Å²) in [6.07, 6.45) is 0.698. The second-order valence-electron chi connectivity index (χ2n) is 4.76. The van der Waals surface area contributed by atoms with Crippen LogP contribution in [0.1, 0.15) is 20.3 Å². The first-order chi connectivity index (χ1) is 10.4. The van der Waals surface area contributed by atoms with E-state index in [4.69, 9.17) is 9.84 Å². The minimum atomic E-state index is -3.54. The van der Waals surface area contributed by atoms with E-state index in [1.165, 1.54) is 24.3 Å². The van der Waals surface area contributed by atoms with E-state index in [2.05, 4.69) is 10.0 Å². The van der Waals surface area contributed by atoms with Gasteiger partial charge in [0.15, 0.2) is 6.61 Å². The molecular weight excluding hydrogens is 308 g/mol. The Morgan fingerprint density at radius 3 is 2.50 bits per heavy atom. The van der Waals surface area contributed by atoms with E-state index < -0.39 is 10.0 Å². The van der Waals surface area contributed by atoms with E-state index in [1.807, 2.05) is 6.92 Å². The van der Waals surface area contributed by atoms with Crippen LogP contribution in [0.2, 0.25) is 0 Å². The van der Waals surface area contributed by atoms with Gasteiger partial charge in [0.1, 0.15) is 5.75 Å². The van der Waals surface area contributed by atoms with Gasteiger partial charge < -0.3 is 15.2 Å². The summed E-state index contributed by atoms with van der Waals surface area (Å²) in [6.45, 7) is 3.52. The first-order valence-corrected chi connectivity index (χ1v) is 8.50. The number of benzene rings is 1. The molecule has 8 heteroatoms. The molecule has 1 aromatic rings. The molecule has 0 heterocycles. The molecule has 3 N–H and O–H groups in total. The number of carbonyl (C=O) groups is 1. The first kappa shape index (κ1) is 18.4. The highest BCUT2D eigenvalue weighted by atomic mass is 32.2. The number of aliphatic hydroxyl groups is 1. The maximum Gasteiger partial charge on any atom is 0.258 e. The molecule has 0 radical (unpaired) electrons. The van der Waals surface area contributed by atoms with Crippen LogP contribution in [0.5, 0.6) is 5.75 Å². The number of hydrogen-bond acceptors (Lipinski definition) is 5. The third-order valence-corrected chi connectivity index (χ3v) is 4.51. The molecule has 0 aliphatic rings. The zero-order valence-corrected chi connectivity index (χ0v) is 13.5. The second kappa shape index (κ2) is 8.72. The van der Waals surface area contributed by atoms with Gasteiger partial charge in [-0.3, -0.25) is 4.79 Å². The zero-order chi connectivity index (χ0) is 16.6. The van der Waals surface area contributed by atoms with Crippen LogP contribution in [0.3, 0.4) is 0 Å². The molecule has 1 atom stereocenters. The van der Waals surface area contributed by atoms with Crippen molar-refractivity contribution >= 4 is 15.9 Å². The molecule has 1 amide bonds. The molecule has 0 aliphatic carbocycles. The highest BCUT2D eigenvalue weighted by Crippen LogP contribution is 2.16. The van der Waals surface area contributed by atoms with Crippen molar-refractivity contribution in [1.82, 2.24) is 10.0 Å². The maximum absolute atomic E-state index is 12.1. The van der Waals surface area contributed by atoms with Gasteiger partial charge in [0, 0.05) is 12.6 Å². The summed E-state index contributed by atoms with van der Waals surface area (Å²) in [7, 11) is -3.54. The Morgan fingerprint density at radius 2 is 1.95 bits per heavy atom. The molecule has 0 aromatic heterocycles. The third kappa shape index (κ3) is 6.00. The van der Waals surface area contributed by atoms with E-state index in [9.17, 15) is 13.2 Å². The fourth-order valence-electron chi connectivity index (χ4n) is 1.53. The van der Waals surface area contributed by atoms with Gasteiger partial charge in [-0.2, -0.15) is 0 Å². The molecule has 0 spiro atoms. The van der Waals surface area contributed by atoms with Crippen molar-refractivity contribution in [3.63, 3.8) is 0 Å². The molecule has 22 heavy (non-hydrogen) atoms. The van der Waals surface area contributed by atoms with E-state index in [-0.39, 0.29) is 36.6 Å². The maximum atomic E-state index is 12.1. The normalized spacial score (nSPS) is 12.7. The summed E-state index contributed by atoms with van der Waals surface area (Å²) in [5.74, 6) is 0.0332. The van der Waals surface area contributed by atoms with Gasteiger partial charge in [-0.05, 0) is 37.6 Å². The largest absolute Gasteiger partial charge is 0.484 e. The molecule has 1 aromatic carbocycles. The van der Waals surface area contributed by atoms with E-state index in [0.29, 0.717) is 12.2 Å². The summed E-state index contributed by atoms with van der Waals surface area (Å²) in [6, 6.07) is 5.68. The van der Waals surface area contributed by atoms with Crippen molar-refractivity contribution in [1.29, 1.82) is 0 Å². The van der Waals surface area contributed by atoms with Gasteiger partial charge in [0.05, 0.1) is 11.5 Å². The Hall–Kier alpha value is -1.64. The SMILES string of the molecule is CC[C@H](C)NS(=O)(=O)c1ccc(OCC(=O)NCCO)cc1. The van der Waals surface area contributed by atoms with Crippen LogP contribution in [0.4, 0.5) is 0 Å². The van der Waals surface area contributed by atoms with Gasteiger partial charge >= 0.3 is 0 Å². The Labute approximate surface area is 130 Å². The predicted molar refractivity (Wildman–Crippen MR) is 82.1 cm³/mol. The fourth-order valence-corrected chi connectivity index (χ4v) is 2.85. The minimum Gasteiger partial charge on any atom is -0.484 e. The summed E-state index contributed by atoms with van der Waals surface area (Å²) >= 11 is 0. The first-order valence-electron chi connectivity index (χ1n) is 7.01. The molecule has 0 saturated carbocycles. The van der Waals surface area contributed by atoms with E-state index >= 15 is 0 Å². The van der Waals surface area contributed by atoms with E-state index in [1.54, 1.807) is 6.92 Å². The van der Waals surface area contributed by atoms with Crippen LogP contribution in [-0.2, 0) is 14.8 Å². The number of hydrogen-bond donors (Lipinski definition) is 3. The van der Waals surface area contributed by atoms with Gasteiger partial charge in [-0.1, -0.05) is 6.92 Å². The van der Waals surface area contributed by atoms with Crippen LogP contribution < -0.4 is 14.8 Å². The molecule has 0 aliphatic heterocycles. The van der Waals surface area contributed by atoms with Crippen molar-refractivity contribution in [3.8, 4) is 5.75 Å². The molecule has 0 bridgehead atoms. The lowest BCUT2D eigenvalue weighted by Crippen LogP contribution is -2.32. The van der Waals surface area contributed by atoms with Gasteiger partial charge in [-0.15, -0.1) is 0 Å². The summed E-state index contributed by atoms with van der Waals surface area (Å²) < 4.78 is 31.9. The lowest BCUT2D eigenvalue weighted by molar-refractivity contribution is -0.123. The Balaban J connectivity index is 2.61. The van der Waals surface area contributed by atoms with Crippen molar-refractivity contribution in [3.05, 3.63) is 24.3 Å². The fraction of sp³-hybridized carbons (Fsp3) is 0.500. The predicted octanol–water partition coefficient (Wildman–Crippen LogP) is 0.251. The average Bonchev–Trinajstić information content (AvgIpc) is 2.50. The Morgan fingerprint density at radius 1 is 1.32 bits per heavy atom. The standard InChI is InChI=1S/C14H22N2O5S/c1-3-11(2)16-22(19,20)13-6-4-12(5-7-13)21-10-14(18)15-8-9-17/h4-7,11,16-17H,3,8-10H2,1-2H3,(H,15,18)/t11-/m0/s1. The van der Waals surface area contributed by atoms with Crippen molar-refractivity contribution in [2.75, 3.05) is 19.8 Å². The smallest absolute Gasteiger partial charge is 0.258 e. The van der Waals surface area contributed by atoms with Gasteiger partial charge in [-0.25, -0.2) is 13.1 Å². The van der Waals surface area contributed by atoms with Crippen molar-refractivity contribution in [2.45, 2.75) is 31.2 Å². The van der Waals surface area contributed by atoms with Crippen LogP contribution in [-0.4, -0.2) is 45.2 Å². The monoisotopic (exact) mass is 330 g/mol. The lowest BCUT2D eigenvalue weighted by atomic mass is 10.3. The van der Waals surface area contributed by atoms with Gasteiger partial charge in [0.25, 0.3) is 5.91 Å². The quantitative estimate of drug-likeness (QED) is 0.602. The summed E-state index contributed by atoms with van der Waals surface area (Å²) in [4.78, 5) is 11.4. The van der Waals surface area contributed by atoms with Crippen LogP contribution in [0.25, 0.3) is 0 Å². The zero-order valence-electron chi connectivity index (χ0n) is 12.7. The highest BCUT2D eigenvalue weighted by Gasteiger charge is 2.16. The Kier molecular flexibility index (Phi) is 7.30. The third-order valence-electron chi connectivity index (χ3n) is 2.91. The number of nitrogens with one attached hydrogen (secondary N) is 2. The molecule has 124 valence electrons. The van der Waals surface area contributed by atoms with Crippen molar-refractivity contribution in [2.24, 2.45) is 0 Å². The second-order valence-corrected chi connectivity index (χ2v) is 6.48. The van der Waals surface area contributed by atoms with Gasteiger partial charge in [0.2, 0.25) is 10.0 Å². The number of sulfonamides is 1. The van der Waals surface area contributed by atoms with Crippen LogP contribution in [0, 0.1) is 0 Å². The topological polar surface area (TPSA) is 105 Å². The number of amides is 1. The molecule has 7 nitrogen and oxygen atoms in total. The highest BCUT2D eigenvalue weighted by molar-refractivity contribution is 7.89. The molecule has 0 fully saturated rings. The molecule has 0 unspecified atom stereocenters. The minimum absolute atomic E-state index is 0.137. The van der Waals surface area contributed by atoms with Crippen LogP contribution >= 0.6 is 0 Å². The summed E-state index contributed by atoms with van der Waals surface area (Å²) in [5, 5.41) is 11.0. The molecule has 0 saturated heterocycles. The van der Waals surface area contributed by atoms with Crippen molar-refractivity contribution < 1.29 is 23.1 Å². The average molecular weight is 330 g/mol. The lowest BCUT2D eigenvalue weighted by Gasteiger charge is -2.12. The molecule has 1 rings (SSSR count). The van der Waals surface area contributed by atoms with Crippen LogP contribution in [0.15, 0.2) is 29.2 Å². The number of aliphatic hydroxyl groups excluding tert-OH is 1.